The second-order valence-electron chi connectivity index (χ2n) is 8.49. The molecule has 3 aromatic carbocycles. The SMILES string of the molecule is Cc1sc2c3c(nc4ccccc42)-c2cc4ccccc4c(C)c2C(C)(C)c13. The van der Waals surface area contributed by atoms with E-state index in [9.17, 15) is 0 Å². The van der Waals surface area contributed by atoms with E-state index >= 15 is 0 Å². The quantitative estimate of drug-likeness (QED) is 0.271. The van der Waals surface area contributed by atoms with Crippen LogP contribution in [0.15, 0.2) is 54.6 Å². The van der Waals surface area contributed by atoms with Gasteiger partial charge in [-0.2, -0.15) is 0 Å². The first-order valence-electron chi connectivity index (χ1n) is 9.84. The molecule has 1 aliphatic rings. The normalized spacial score (nSPS) is 14.7. The van der Waals surface area contributed by atoms with Crippen LogP contribution in [0.3, 0.4) is 0 Å². The van der Waals surface area contributed by atoms with Crippen molar-refractivity contribution in [1.29, 1.82) is 0 Å². The number of hydrogen-bond donors (Lipinski definition) is 0. The zero-order chi connectivity index (χ0) is 19.2. The third-order valence-electron chi connectivity index (χ3n) is 6.52. The predicted molar refractivity (Wildman–Crippen MR) is 122 cm³/mol. The minimum Gasteiger partial charge on any atom is -0.247 e. The summed E-state index contributed by atoms with van der Waals surface area (Å²) in [5, 5.41) is 5.29. The topological polar surface area (TPSA) is 12.9 Å². The molecule has 0 saturated carbocycles. The van der Waals surface area contributed by atoms with Gasteiger partial charge in [0, 0.05) is 31.3 Å². The van der Waals surface area contributed by atoms with E-state index < -0.39 is 0 Å². The average Bonchev–Trinajstić information content (AvgIpc) is 3.04. The molecule has 0 unspecified atom stereocenters. The van der Waals surface area contributed by atoms with Crippen molar-refractivity contribution in [3.63, 3.8) is 0 Å². The van der Waals surface area contributed by atoms with Gasteiger partial charge in [0.2, 0.25) is 0 Å². The highest BCUT2D eigenvalue weighted by Gasteiger charge is 2.38. The first kappa shape index (κ1) is 16.3. The van der Waals surface area contributed by atoms with Gasteiger partial charge in [-0.1, -0.05) is 56.3 Å². The summed E-state index contributed by atoms with van der Waals surface area (Å²) in [6.07, 6.45) is 0. The Balaban J connectivity index is 1.91. The highest BCUT2D eigenvalue weighted by Crippen LogP contribution is 2.54. The Hall–Kier alpha value is -2.71. The molecule has 136 valence electrons. The van der Waals surface area contributed by atoms with Gasteiger partial charge in [-0.15, -0.1) is 11.3 Å². The monoisotopic (exact) mass is 379 g/mol. The summed E-state index contributed by atoms with van der Waals surface area (Å²) in [7, 11) is 0. The van der Waals surface area contributed by atoms with E-state index in [1.165, 1.54) is 53.4 Å². The van der Waals surface area contributed by atoms with Crippen LogP contribution in [0.4, 0.5) is 0 Å². The van der Waals surface area contributed by atoms with Gasteiger partial charge >= 0.3 is 0 Å². The summed E-state index contributed by atoms with van der Waals surface area (Å²) in [4.78, 5) is 6.62. The molecular weight excluding hydrogens is 358 g/mol. The van der Waals surface area contributed by atoms with Gasteiger partial charge in [-0.3, -0.25) is 0 Å². The minimum atomic E-state index is -0.0388. The molecule has 0 atom stereocenters. The molecule has 2 aromatic heterocycles. The van der Waals surface area contributed by atoms with Gasteiger partial charge in [-0.25, -0.2) is 4.98 Å². The Morgan fingerprint density at radius 3 is 2.39 bits per heavy atom. The average molecular weight is 380 g/mol. The number of hydrogen-bond acceptors (Lipinski definition) is 2. The molecule has 0 radical (unpaired) electrons. The molecule has 0 fully saturated rings. The number of nitrogens with zero attached hydrogens (tertiary/aromatic N) is 1. The van der Waals surface area contributed by atoms with E-state index in [0.29, 0.717) is 0 Å². The molecule has 2 heteroatoms. The van der Waals surface area contributed by atoms with Gasteiger partial charge in [0.05, 0.1) is 11.2 Å². The number of aromatic nitrogens is 1. The summed E-state index contributed by atoms with van der Waals surface area (Å²) < 4.78 is 1.39. The van der Waals surface area contributed by atoms with Gasteiger partial charge in [0.15, 0.2) is 0 Å². The molecule has 0 bridgehead atoms. The highest BCUT2D eigenvalue weighted by molar-refractivity contribution is 7.20. The van der Waals surface area contributed by atoms with E-state index in [-0.39, 0.29) is 5.41 Å². The summed E-state index contributed by atoms with van der Waals surface area (Å²) in [6, 6.07) is 19.7. The Kier molecular flexibility index (Phi) is 3.03. The zero-order valence-electron chi connectivity index (χ0n) is 16.6. The van der Waals surface area contributed by atoms with Gasteiger partial charge in [-0.05, 0) is 53.4 Å². The molecule has 5 aromatic rings. The summed E-state index contributed by atoms with van der Waals surface area (Å²) in [6.45, 7) is 9.34. The summed E-state index contributed by atoms with van der Waals surface area (Å²) in [5.41, 5.74) is 7.81. The molecule has 1 nitrogen and oxygen atoms in total. The van der Waals surface area contributed by atoms with Crippen LogP contribution in [0.2, 0.25) is 0 Å². The fourth-order valence-corrected chi connectivity index (χ4v) is 6.84. The first-order valence-corrected chi connectivity index (χ1v) is 10.7. The Labute approximate surface area is 168 Å². The molecule has 0 aliphatic heterocycles. The predicted octanol–water partition coefficient (Wildman–Crippen LogP) is 7.53. The first-order chi connectivity index (χ1) is 13.5. The Morgan fingerprint density at radius 1 is 0.857 bits per heavy atom. The van der Waals surface area contributed by atoms with Crippen molar-refractivity contribution in [3.05, 3.63) is 76.2 Å². The maximum Gasteiger partial charge on any atom is 0.0803 e. The molecule has 1 aliphatic carbocycles. The van der Waals surface area contributed by atoms with Crippen molar-refractivity contribution in [3.8, 4) is 11.3 Å². The van der Waals surface area contributed by atoms with Crippen LogP contribution in [0, 0.1) is 13.8 Å². The largest absolute Gasteiger partial charge is 0.247 e. The van der Waals surface area contributed by atoms with Crippen LogP contribution >= 0.6 is 11.3 Å². The van der Waals surface area contributed by atoms with Crippen molar-refractivity contribution in [2.45, 2.75) is 33.1 Å². The molecule has 0 N–H and O–H groups in total. The zero-order valence-corrected chi connectivity index (χ0v) is 17.4. The minimum absolute atomic E-state index is 0.0388. The van der Waals surface area contributed by atoms with Gasteiger partial charge in [0.25, 0.3) is 0 Å². The Morgan fingerprint density at radius 2 is 1.57 bits per heavy atom. The van der Waals surface area contributed by atoms with E-state index in [1.54, 1.807) is 0 Å². The third-order valence-corrected chi connectivity index (χ3v) is 7.65. The van der Waals surface area contributed by atoms with E-state index in [4.69, 9.17) is 4.98 Å². The number of para-hydroxylation sites is 1. The van der Waals surface area contributed by atoms with Crippen molar-refractivity contribution in [2.75, 3.05) is 0 Å². The van der Waals surface area contributed by atoms with Crippen molar-refractivity contribution >= 4 is 43.1 Å². The lowest BCUT2D eigenvalue weighted by Crippen LogP contribution is -2.25. The maximum atomic E-state index is 5.21. The lowest BCUT2D eigenvalue weighted by atomic mass is 9.68. The molecular formula is C26H21NS. The van der Waals surface area contributed by atoms with Gasteiger partial charge < -0.3 is 0 Å². The highest BCUT2D eigenvalue weighted by atomic mass is 32.1. The van der Waals surface area contributed by atoms with Crippen molar-refractivity contribution < 1.29 is 0 Å². The standard InChI is InChI=1S/C26H21NS/c1-14-17-10-6-5-9-16(17)13-19-22(14)26(3,4)23-15(2)28-25-18-11-7-8-12-20(18)27-24(19)21(23)25/h5-13H,1-4H3. The number of pyridine rings is 1. The molecule has 28 heavy (non-hydrogen) atoms. The molecule has 0 spiro atoms. The Bertz CT molecular complexity index is 1450. The van der Waals surface area contributed by atoms with Crippen molar-refractivity contribution in [2.24, 2.45) is 0 Å². The lowest BCUT2D eigenvalue weighted by Gasteiger charge is -2.35. The maximum absolute atomic E-state index is 5.21. The van der Waals surface area contributed by atoms with Crippen LogP contribution in [-0.2, 0) is 5.41 Å². The van der Waals surface area contributed by atoms with Crippen molar-refractivity contribution in [1.82, 2.24) is 4.98 Å². The number of thiophene rings is 1. The fraction of sp³-hybridized carbons (Fsp3) is 0.192. The second-order valence-corrected chi connectivity index (χ2v) is 9.71. The number of aryl methyl sites for hydroxylation is 2. The smallest absolute Gasteiger partial charge is 0.0803 e. The number of benzene rings is 3. The molecule has 0 saturated heterocycles. The lowest BCUT2D eigenvalue weighted by molar-refractivity contribution is 0.639. The van der Waals surface area contributed by atoms with E-state index in [0.717, 1.165) is 11.2 Å². The number of rotatable bonds is 0. The molecule has 2 heterocycles. The molecule has 6 rings (SSSR count). The van der Waals surface area contributed by atoms with Crippen LogP contribution in [0.25, 0.3) is 43.0 Å². The second kappa shape index (κ2) is 5.21. The van der Waals surface area contributed by atoms with E-state index in [2.05, 4.69) is 82.3 Å². The number of fused-ring (bicyclic) bond motifs is 5. The van der Waals surface area contributed by atoms with Gasteiger partial charge in [0.1, 0.15) is 0 Å². The molecule has 0 amide bonds. The van der Waals surface area contributed by atoms with Crippen LogP contribution in [0.5, 0.6) is 0 Å². The summed E-state index contributed by atoms with van der Waals surface area (Å²) >= 11 is 1.93. The third kappa shape index (κ3) is 1.84. The summed E-state index contributed by atoms with van der Waals surface area (Å²) in [5.74, 6) is 0. The van der Waals surface area contributed by atoms with E-state index in [1.807, 2.05) is 11.3 Å². The van der Waals surface area contributed by atoms with Crippen LogP contribution < -0.4 is 0 Å². The van der Waals surface area contributed by atoms with Crippen LogP contribution in [-0.4, -0.2) is 4.98 Å². The fourth-order valence-electron chi connectivity index (χ4n) is 5.49. The van der Waals surface area contributed by atoms with Crippen LogP contribution in [0.1, 0.15) is 35.4 Å².